The number of hydrogen-bond donors (Lipinski definition) is 2. The van der Waals surface area contributed by atoms with E-state index >= 15 is 0 Å². The van der Waals surface area contributed by atoms with Crippen LogP contribution < -0.4 is 11.1 Å². The molecule has 2 unspecified atom stereocenters. The second-order valence-corrected chi connectivity index (χ2v) is 6.85. The number of hydrogen-bond acceptors (Lipinski definition) is 3. The maximum Gasteiger partial charge on any atom is 0.0991 e. The summed E-state index contributed by atoms with van der Waals surface area (Å²) in [6.07, 6.45) is 8.28. The van der Waals surface area contributed by atoms with Crippen LogP contribution in [0.5, 0.6) is 0 Å². The Morgan fingerprint density at radius 2 is 1.91 bits per heavy atom. The minimum absolute atomic E-state index is 0.422. The van der Waals surface area contributed by atoms with Crippen molar-refractivity contribution < 1.29 is 0 Å². The summed E-state index contributed by atoms with van der Waals surface area (Å²) < 4.78 is 0. The molecule has 0 amide bonds. The SMILES string of the molecule is C/C(=C\c1ccc(C#N)cc1)C1CC1NC1CCC(N)CC1. The lowest BCUT2D eigenvalue weighted by Crippen LogP contribution is -2.38. The first kappa shape index (κ1) is 15.3. The summed E-state index contributed by atoms with van der Waals surface area (Å²) in [5.41, 5.74) is 9.31. The molecule has 2 aliphatic rings. The molecule has 1 aromatic rings. The highest BCUT2D eigenvalue weighted by Crippen LogP contribution is 2.39. The van der Waals surface area contributed by atoms with Crippen molar-refractivity contribution in [2.75, 3.05) is 0 Å². The molecule has 3 heteroatoms. The van der Waals surface area contributed by atoms with E-state index < -0.39 is 0 Å². The summed E-state index contributed by atoms with van der Waals surface area (Å²) >= 11 is 0. The molecule has 0 aliphatic heterocycles. The van der Waals surface area contributed by atoms with E-state index in [4.69, 9.17) is 11.0 Å². The van der Waals surface area contributed by atoms with Crippen LogP contribution in [0.25, 0.3) is 6.08 Å². The predicted octanol–water partition coefficient (Wildman–Crippen LogP) is 3.21. The third-order valence-corrected chi connectivity index (χ3v) is 5.03. The third kappa shape index (κ3) is 3.76. The van der Waals surface area contributed by atoms with Gasteiger partial charge in [0.1, 0.15) is 0 Å². The molecule has 0 saturated heterocycles. The van der Waals surface area contributed by atoms with Crippen molar-refractivity contribution in [3.05, 3.63) is 41.0 Å². The molecule has 0 bridgehead atoms. The predicted molar refractivity (Wildman–Crippen MR) is 90.1 cm³/mol. The van der Waals surface area contributed by atoms with Gasteiger partial charge in [0.2, 0.25) is 0 Å². The molecule has 3 N–H and O–H groups in total. The van der Waals surface area contributed by atoms with Crippen LogP contribution in [-0.2, 0) is 0 Å². The highest BCUT2D eigenvalue weighted by molar-refractivity contribution is 5.55. The first-order valence-electron chi connectivity index (χ1n) is 8.35. The molecule has 3 nitrogen and oxygen atoms in total. The summed E-state index contributed by atoms with van der Waals surface area (Å²) in [6, 6.07) is 11.7. The zero-order chi connectivity index (χ0) is 15.5. The number of benzene rings is 1. The largest absolute Gasteiger partial charge is 0.328 e. The van der Waals surface area contributed by atoms with Gasteiger partial charge in [0.15, 0.2) is 0 Å². The fourth-order valence-electron chi connectivity index (χ4n) is 3.49. The van der Waals surface area contributed by atoms with E-state index in [2.05, 4.69) is 24.4 Å². The Balaban J connectivity index is 1.52. The van der Waals surface area contributed by atoms with Gasteiger partial charge in [-0.3, -0.25) is 0 Å². The van der Waals surface area contributed by atoms with Gasteiger partial charge in [-0.05, 0) is 62.6 Å². The molecule has 0 heterocycles. The Bertz CT molecular complexity index is 574. The molecule has 22 heavy (non-hydrogen) atoms. The molecular formula is C19H25N3. The lowest BCUT2D eigenvalue weighted by atomic mass is 9.92. The smallest absolute Gasteiger partial charge is 0.0991 e. The Kier molecular flexibility index (Phi) is 4.61. The average molecular weight is 295 g/mol. The second kappa shape index (κ2) is 6.64. The molecule has 1 aromatic carbocycles. The van der Waals surface area contributed by atoms with Gasteiger partial charge in [0.25, 0.3) is 0 Å². The molecule has 2 fully saturated rings. The molecule has 2 aliphatic carbocycles. The van der Waals surface area contributed by atoms with Crippen LogP contribution in [0.1, 0.15) is 50.2 Å². The van der Waals surface area contributed by atoms with Crippen molar-refractivity contribution in [1.29, 1.82) is 5.26 Å². The number of nitrogens with two attached hydrogens (primary N) is 1. The monoisotopic (exact) mass is 295 g/mol. The van der Waals surface area contributed by atoms with E-state index in [0.717, 1.165) is 18.4 Å². The fourth-order valence-corrected chi connectivity index (χ4v) is 3.49. The molecule has 0 aromatic heterocycles. The van der Waals surface area contributed by atoms with Crippen molar-refractivity contribution in [3.63, 3.8) is 0 Å². The van der Waals surface area contributed by atoms with Crippen LogP contribution in [-0.4, -0.2) is 18.1 Å². The van der Waals surface area contributed by atoms with Gasteiger partial charge in [0.05, 0.1) is 11.6 Å². The van der Waals surface area contributed by atoms with Crippen LogP contribution in [0.4, 0.5) is 0 Å². The van der Waals surface area contributed by atoms with E-state index in [1.54, 1.807) is 0 Å². The van der Waals surface area contributed by atoms with Crippen molar-refractivity contribution in [3.8, 4) is 6.07 Å². The van der Waals surface area contributed by atoms with E-state index in [-0.39, 0.29) is 0 Å². The van der Waals surface area contributed by atoms with Gasteiger partial charge in [-0.25, -0.2) is 0 Å². The first-order chi connectivity index (χ1) is 10.7. The number of nitrogens with one attached hydrogen (secondary N) is 1. The first-order valence-corrected chi connectivity index (χ1v) is 8.35. The van der Waals surface area contributed by atoms with E-state index in [1.165, 1.54) is 30.4 Å². The average Bonchev–Trinajstić information content (AvgIpc) is 3.30. The van der Waals surface area contributed by atoms with Crippen LogP contribution >= 0.6 is 0 Å². The van der Waals surface area contributed by atoms with Crippen molar-refractivity contribution in [1.82, 2.24) is 5.32 Å². The lowest BCUT2D eigenvalue weighted by Gasteiger charge is -2.27. The number of nitrogens with zero attached hydrogens (tertiary/aromatic N) is 1. The molecule has 0 spiro atoms. The van der Waals surface area contributed by atoms with E-state index in [9.17, 15) is 0 Å². The maximum atomic E-state index is 8.83. The highest BCUT2D eigenvalue weighted by Gasteiger charge is 2.39. The van der Waals surface area contributed by atoms with Gasteiger partial charge in [-0.15, -0.1) is 0 Å². The highest BCUT2D eigenvalue weighted by atomic mass is 15.0. The Morgan fingerprint density at radius 3 is 2.55 bits per heavy atom. The normalized spacial score (nSPS) is 31.6. The van der Waals surface area contributed by atoms with Crippen LogP contribution in [0.3, 0.4) is 0 Å². The second-order valence-electron chi connectivity index (χ2n) is 6.85. The van der Waals surface area contributed by atoms with Gasteiger partial charge in [-0.2, -0.15) is 5.26 Å². The van der Waals surface area contributed by atoms with Gasteiger partial charge in [0, 0.05) is 18.1 Å². The molecule has 3 rings (SSSR count). The molecule has 116 valence electrons. The molecule has 0 radical (unpaired) electrons. The zero-order valence-electron chi connectivity index (χ0n) is 13.3. The summed E-state index contributed by atoms with van der Waals surface area (Å²) in [4.78, 5) is 0. The van der Waals surface area contributed by atoms with Crippen LogP contribution in [0.15, 0.2) is 29.8 Å². The Hall–Kier alpha value is -1.63. The molecular weight excluding hydrogens is 270 g/mol. The van der Waals surface area contributed by atoms with Gasteiger partial charge in [-0.1, -0.05) is 23.8 Å². The van der Waals surface area contributed by atoms with Crippen LogP contribution in [0, 0.1) is 17.2 Å². The van der Waals surface area contributed by atoms with Crippen molar-refractivity contribution in [2.24, 2.45) is 11.7 Å². The minimum atomic E-state index is 0.422. The van der Waals surface area contributed by atoms with E-state index in [1.807, 2.05) is 24.3 Å². The summed E-state index contributed by atoms with van der Waals surface area (Å²) in [5.74, 6) is 0.672. The fraction of sp³-hybridized carbons (Fsp3) is 0.526. The zero-order valence-corrected chi connectivity index (χ0v) is 13.3. The summed E-state index contributed by atoms with van der Waals surface area (Å²) in [6.45, 7) is 2.22. The Labute approximate surface area is 133 Å². The standard InChI is InChI=1S/C19H25N3/c1-13(10-14-2-4-15(12-20)5-3-14)18-11-19(18)22-17-8-6-16(21)7-9-17/h2-5,10,16-19,22H,6-9,11,21H2,1H3/b13-10+. The van der Waals surface area contributed by atoms with Gasteiger partial charge < -0.3 is 11.1 Å². The summed E-state index contributed by atoms with van der Waals surface area (Å²) in [7, 11) is 0. The topological polar surface area (TPSA) is 61.8 Å². The lowest BCUT2D eigenvalue weighted by molar-refractivity contribution is 0.338. The Morgan fingerprint density at radius 1 is 1.23 bits per heavy atom. The number of rotatable bonds is 4. The third-order valence-electron chi connectivity index (χ3n) is 5.03. The number of nitriles is 1. The minimum Gasteiger partial charge on any atom is -0.328 e. The molecule has 2 atom stereocenters. The van der Waals surface area contributed by atoms with Crippen molar-refractivity contribution >= 4 is 6.08 Å². The van der Waals surface area contributed by atoms with Crippen molar-refractivity contribution in [2.45, 2.75) is 57.2 Å². The maximum absolute atomic E-state index is 8.83. The summed E-state index contributed by atoms with van der Waals surface area (Å²) in [5, 5.41) is 12.6. The van der Waals surface area contributed by atoms with E-state index in [0.29, 0.717) is 24.0 Å². The van der Waals surface area contributed by atoms with Crippen LogP contribution in [0.2, 0.25) is 0 Å². The molecule has 2 saturated carbocycles. The van der Waals surface area contributed by atoms with Gasteiger partial charge >= 0.3 is 0 Å². The quantitative estimate of drug-likeness (QED) is 0.896.